The molecule has 0 aromatic carbocycles. The number of ether oxygens (including phenoxy) is 3. The van der Waals surface area contributed by atoms with Crippen molar-refractivity contribution in [3.8, 4) is 0 Å². The maximum atomic E-state index is 11.5. The summed E-state index contributed by atoms with van der Waals surface area (Å²) in [7, 11) is -5.60. The van der Waals surface area contributed by atoms with E-state index in [2.05, 4.69) is 27.1 Å². The van der Waals surface area contributed by atoms with Gasteiger partial charge in [-0.05, 0) is 0 Å². The Balaban J connectivity index is 2.28. The summed E-state index contributed by atoms with van der Waals surface area (Å²) in [6, 6.07) is 0. The highest BCUT2D eigenvalue weighted by Gasteiger charge is 2.53. The zero-order chi connectivity index (χ0) is 26.2. The van der Waals surface area contributed by atoms with Crippen LogP contribution in [-0.4, -0.2) is 103 Å². The van der Waals surface area contributed by atoms with Crippen LogP contribution in [0.4, 0.5) is 0 Å². The third-order valence-electron chi connectivity index (χ3n) is 4.43. The van der Waals surface area contributed by atoms with Crippen molar-refractivity contribution in [3.63, 3.8) is 0 Å². The van der Waals surface area contributed by atoms with Crippen molar-refractivity contribution in [3.05, 3.63) is 0 Å². The fourth-order valence-electron chi connectivity index (χ4n) is 3.09. The SMILES string of the molecule is O=C([O-])C1OC(OC2C(COSOO[O-])OC(CO)C2O)C(OS(=O)(=O)[O-])C(O)C1OSOO[O-]. The van der Waals surface area contributed by atoms with Gasteiger partial charge in [0, 0.05) is 0 Å². The Kier molecular flexibility index (Phi) is 12.7. The molecule has 35 heavy (non-hydrogen) atoms. The molecule has 2 heterocycles. The van der Waals surface area contributed by atoms with E-state index in [0.29, 0.717) is 0 Å². The molecule has 0 spiro atoms. The predicted molar refractivity (Wildman–Crippen MR) is 91.2 cm³/mol. The third-order valence-corrected chi connectivity index (χ3v) is 5.64. The summed E-state index contributed by atoms with van der Waals surface area (Å²) in [6.45, 7) is -1.30. The fourth-order valence-corrected chi connectivity index (χ4v) is 4.18. The van der Waals surface area contributed by atoms with Crippen molar-refractivity contribution >= 4 is 41.0 Å². The summed E-state index contributed by atoms with van der Waals surface area (Å²) in [4.78, 5) is 11.5. The number of aliphatic hydroxyl groups excluding tert-OH is 3. The molecule has 0 amide bonds. The van der Waals surface area contributed by atoms with Gasteiger partial charge < -0.3 is 54.5 Å². The predicted octanol–water partition coefficient (Wildman–Crippen LogP) is -6.85. The number of carbonyl (C=O) groups excluding carboxylic acids is 1. The monoisotopic (exact) mass is 576 g/mol. The number of carbonyl (C=O) groups is 1. The van der Waals surface area contributed by atoms with Crippen molar-refractivity contribution in [1.82, 2.24) is 0 Å². The molecule has 3 N–H and O–H groups in total. The van der Waals surface area contributed by atoms with E-state index < -0.39 is 84.7 Å². The lowest BCUT2D eigenvalue weighted by atomic mass is 9.98. The summed E-state index contributed by atoms with van der Waals surface area (Å²) in [5.41, 5.74) is 0. The van der Waals surface area contributed by atoms with Gasteiger partial charge >= 0.3 is 0 Å². The molecule has 2 aliphatic rings. The van der Waals surface area contributed by atoms with Gasteiger partial charge in [0.15, 0.2) is 37.0 Å². The van der Waals surface area contributed by atoms with Crippen molar-refractivity contribution in [2.24, 2.45) is 0 Å². The van der Waals surface area contributed by atoms with Gasteiger partial charge in [-0.25, -0.2) is 8.42 Å². The molecule has 0 aromatic rings. The quantitative estimate of drug-likeness (QED) is 0.0407. The first-order chi connectivity index (χ1) is 16.5. The Hall–Kier alpha value is -0.520. The molecular formula is C12H16O20S3-4. The Bertz CT molecular complexity index is 754. The highest BCUT2D eigenvalue weighted by atomic mass is 32.3. The van der Waals surface area contributed by atoms with Gasteiger partial charge in [0.05, 0.1) is 19.2 Å². The number of carboxylic acid groups (broad SMARTS) is 1. The Labute approximate surface area is 203 Å². The largest absolute Gasteiger partial charge is 0.726 e. The smallest absolute Gasteiger partial charge is 0.218 e. The minimum Gasteiger partial charge on any atom is -0.726 e. The number of carboxylic acids is 1. The molecule has 0 saturated carbocycles. The van der Waals surface area contributed by atoms with E-state index in [9.17, 15) is 48.7 Å². The van der Waals surface area contributed by atoms with Gasteiger partial charge in [-0.15, -0.1) is 8.67 Å². The molecule has 2 aliphatic heterocycles. The molecule has 2 rings (SSSR count). The van der Waals surface area contributed by atoms with Gasteiger partial charge in [0.2, 0.25) is 10.4 Å². The van der Waals surface area contributed by atoms with Gasteiger partial charge in [-0.2, -0.15) is 0 Å². The number of aliphatic carboxylic acids is 1. The molecule has 0 radical (unpaired) electrons. The first-order valence-electron chi connectivity index (χ1n) is 8.85. The Morgan fingerprint density at radius 2 is 1.63 bits per heavy atom. The van der Waals surface area contributed by atoms with Crippen LogP contribution >= 0.6 is 24.6 Å². The minimum absolute atomic E-state index is 0.0410. The van der Waals surface area contributed by atoms with Crippen LogP contribution in [0, 0.1) is 0 Å². The van der Waals surface area contributed by atoms with E-state index in [-0.39, 0.29) is 24.6 Å². The van der Waals surface area contributed by atoms with Gasteiger partial charge in [-0.1, -0.05) is 0 Å². The fraction of sp³-hybridized carbons (Fsp3) is 0.917. The molecular weight excluding hydrogens is 560 g/mol. The average molecular weight is 576 g/mol. The number of rotatable bonds is 15. The molecule has 2 fully saturated rings. The molecule has 20 nitrogen and oxygen atoms in total. The first kappa shape index (κ1) is 30.7. The van der Waals surface area contributed by atoms with Crippen LogP contribution in [0.3, 0.4) is 0 Å². The third kappa shape index (κ3) is 8.78. The molecule has 9 unspecified atom stereocenters. The highest BCUT2D eigenvalue weighted by molar-refractivity contribution is 7.89. The van der Waals surface area contributed by atoms with Crippen LogP contribution in [-0.2, 0) is 60.7 Å². The van der Waals surface area contributed by atoms with Crippen LogP contribution in [0.15, 0.2) is 0 Å². The van der Waals surface area contributed by atoms with Crippen molar-refractivity contribution in [1.29, 1.82) is 0 Å². The van der Waals surface area contributed by atoms with Crippen LogP contribution in [0.25, 0.3) is 0 Å². The van der Waals surface area contributed by atoms with Crippen LogP contribution in [0.5, 0.6) is 0 Å². The van der Waals surface area contributed by atoms with Gasteiger partial charge in [0.1, 0.15) is 42.7 Å². The molecule has 9 atom stereocenters. The lowest BCUT2D eigenvalue weighted by molar-refractivity contribution is -0.777. The van der Waals surface area contributed by atoms with Crippen molar-refractivity contribution in [2.75, 3.05) is 13.2 Å². The van der Waals surface area contributed by atoms with Crippen LogP contribution in [0.2, 0.25) is 0 Å². The second-order valence-corrected chi connectivity index (χ2v) is 8.43. The maximum absolute atomic E-state index is 11.5. The van der Waals surface area contributed by atoms with E-state index in [1.807, 2.05) is 0 Å². The first-order valence-corrected chi connectivity index (χ1v) is 11.5. The van der Waals surface area contributed by atoms with Crippen LogP contribution in [0.1, 0.15) is 0 Å². The van der Waals surface area contributed by atoms with E-state index in [1.165, 1.54) is 0 Å². The van der Waals surface area contributed by atoms with Gasteiger partial charge in [0.25, 0.3) is 0 Å². The maximum Gasteiger partial charge on any atom is 0.218 e. The standard InChI is InChI=1S/C12H20O20S3/c13-1-3-5(14)7(4(24-3)2-23-33-31-29-18)25-12-9(28-35(20,21)22)6(15)8(27-34-32-30-19)10(26-12)11(16)17/h3-10,12-15,18-19H,1-2H2,(H,16,17)(H,20,21,22)/p-4. The molecule has 0 aromatic heterocycles. The second-order valence-electron chi connectivity index (χ2n) is 6.44. The topological polar surface area (TPSA) is 296 Å². The summed E-state index contributed by atoms with van der Waals surface area (Å²) >= 11 is -0.244. The lowest BCUT2D eigenvalue weighted by Gasteiger charge is -2.44. The number of aliphatic hydroxyl groups is 3. The number of hydrogen-bond acceptors (Lipinski definition) is 22. The molecule has 206 valence electrons. The zero-order valence-electron chi connectivity index (χ0n) is 16.6. The minimum atomic E-state index is -5.60. The zero-order valence-corrected chi connectivity index (χ0v) is 19.1. The Morgan fingerprint density at radius 1 is 0.971 bits per heavy atom. The number of hydrogen-bond donors (Lipinski definition) is 3. The lowest BCUT2D eigenvalue weighted by Crippen LogP contribution is -2.64. The van der Waals surface area contributed by atoms with Gasteiger partial charge in [-0.3, -0.25) is 22.6 Å². The summed E-state index contributed by atoms with van der Waals surface area (Å²) in [5.74, 6) is -2.04. The van der Waals surface area contributed by atoms with E-state index >= 15 is 0 Å². The molecule has 0 bridgehead atoms. The average Bonchev–Trinajstić information content (AvgIpc) is 3.08. The molecule has 2 saturated heterocycles. The van der Waals surface area contributed by atoms with E-state index in [1.54, 1.807) is 0 Å². The summed E-state index contributed by atoms with van der Waals surface area (Å²) < 4.78 is 70.6. The van der Waals surface area contributed by atoms with Crippen molar-refractivity contribution < 1.29 is 94.2 Å². The van der Waals surface area contributed by atoms with E-state index in [0.717, 1.165) is 0 Å². The Morgan fingerprint density at radius 3 is 2.20 bits per heavy atom. The molecule has 0 aliphatic carbocycles. The van der Waals surface area contributed by atoms with Crippen LogP contribution < -0.4 is 15.6 Å². The highest BCUT2D eigenvalue weighted by Crippen LogP contribution is 2.34. The summed E-state index contributed by atoms with van der Waals surface area (Å²) in [5, 5.41) is 67.4. The molecule has 23 heteroatoms. The summed E-state index contributed by atoms with van der Waals surface area (Å²) in [6.07, 6.45) is -17.1. The normalized spacial score (nSPS) is 35.9. The van der Waals surface area contributed by atoms with E-state index in [4.69, 9.17) is 18.4 Å². The second kappa shape index (κ2) is 14.4. The van der Waals surface area contributed by atoms with Crippen molar-refractivity contribution in [2.45, 2.75) is 55.1 Å².